The van der Waals surface area contributed by atoms with Gasteiger partial charge in [0.25, 0.3) is 0 Å². The molecular weight excluding hydrogens is 348 g/mol. The molecule has 2 heterocycles. The van der Waals surface area contributed by atoms with Gasteiger partial charge < -0.3 is 4.98 Å². The van der Waals surface area contributed by atoms with Gasteiger partial charge in [0, 0.05) is 32.0 Å². The minimum atomic E-state index is 0.730. The summed E-state index contributed by atoms with van der Waals surface area (Å²) in [6.07, 6.45) is 2.00. The second kappa shape index (κ2) is 4.86. The molecule has 0 unspecified atom stereocenters. The zero-order valence-electron chi connectivity index (χ0n) is 10.9. The summed E-state index contributed by atoms with van der Waals surface area (Å²) >= 11 is 9.58. The molecule has 2 aromatic carbocycles. The van der Waals surface area contributed by atoms with Gasteiger partial charge >= 0.3 is 0 Å². The van der Waals surface area contributed by atoms with Crippen LogP contribution in [0.15, 0.2) is 59.2 Å². The first-order chi connectivity index (χ1) is 10.2. The van der Waals surface area contributed by atoms with Gasteiger partial charge in [-0.25, -0.2) is 4.98 Å². The molecule has 4 aromatic rings. The smallest absolute Gasteiger partial charge is 0.0731 e. The second-order valence-electron chi connectivity index (χ2n) is 4.90. The van der Waals surface area contributed by atoms with Crippen LogP contribution in [0.25, 0.3) is 33.1 Å². The normalized spacial score (nSPS) is 11.3. The summed E-state index contributed by atoms with van der Waals surface area (Å²) in [5.74, 6) is 0. The van der Waals surface area contributed by atoms with E-state index in [-0.39, 0.29) is 0 Å². The van der Waals surface area contributed by atoms with Gasteiger partial charge in [-0.15, -0.1) is 0 Å². The number of para-hydroxylation sites is 1. The van der Waals surface area contributed by atoms with Gasteiger partial charge in [-0.05, 0) is 46.3 Å². The largest absolute Gasteiger partial charge is 0.360 e. The minimum Gasteiger partial charge on any atom is -0.360 e. The van der Waals surface area contributed by atoms with Crippen molar-refractivity contribution in [3.05, 3.63) is 64.2 Å². The molecule has 4 heteroatoms. The van der Waals surface area contributed by atoms with Crippen molar-refractivity contribution in [1.82, 2.24) is 9.97 Å². The lowest BCUT2D eigenvalue weighted by Crippen LogP contribution is -1.84. The molecule has 0 fully saturated rings. The third kappa shape index (κ3) is 2.13. The minimum absolute atomic E-state index is 0.730. The molecular formula is C17H10BrClN2. The highest BCUT2D eigenvalue weighted by Crippen LogP contribution is 2.32. The van der Waals surface area contributed by atoms with E-state index >= 15 is 0 Å². The van der Waals surface area contributed by atoms with E-state index in [9.17, 15) is 0 Å². The molecule has 0 saturated heterocycles. The first-order valence-corrected chi connectivity index (χ1v) is 7.72. The number of hydrogen-bond donors (Lipinski definition) is 1. The molecule has 0 aliphatic carbocycles. The molecule has 102 valence electrons. The summed E-state index contributed by atoms with van der Waals surface area (Å²) in [4.78, 5) is 8.05. The molecule has 0 aliphatic heterocycles. The molecule has 2 aromatic heterocycles. The lowest BCUT2D eigenvalue weighted by atomic mass is 10.1. The van der Waals surface area contributed by atoms with Crippen molar-refractivity contribution in [1.29, 1.82) is 0 Å². The Kier molecular flexibility index (Phi) is 2.98. The Hall–Kier alpha value is -1.84. The van der Waals surface area contributed by atoms with E-state index in [1.165, 1.54) is 0 Å². The van der Waals surface area contributed by atoms with Crippen LogP contribution in [0.3, 0.4) is 0 Å². The maximum absolute atomic E-state index is 6.02. The van der Waals surface area contributed by atoms with Crippen molar-refractivity contribution in [3.8, 4) is 11.3 Å². The first kappa shape index (κ1) is 12.9. The maximum Gasteiger partial charge on any atom is 0.0731 e. The molecule has 0 aliphatic rings. The summed E-state index contributed by atoms with van der Waals surface area (Å²) in [5, 5.41) is 2.94. The first-order valence-electron chi connectivity index (χ1n) is 6.55. The lowest BCUT2D eigenvalue weighted by molar-refractivity contribution is 1.39. The van der Waals surface area contributed by atoms with Gasteiger partial charge in [-0.1, -0.05) is 29.8 Å². The van der Waals surface area contributed by atoms with Gasteiger partial charge in [-0.3, -0.25) is 0 Å². The Morgan fingerprint density at radius 2 is 1.95 bits per heavy atom. The molecule has 2 nitrogen and oxygen atoms in total. The van der Waals surface area contributed by atoms with Crippen molar-refractivity contribution >= 4 is 49.3 Å². The summed E-state index contributed by atoms with van der Waals surface area (Å²) in [5.41, 5.74) is 4.09. The van der Waals surface area contributed by atoms with Crippen LogP contribution in [-0.2, 0) is 0 Å². The van der Waals surface area contributed by atoms with Gasteiger partial charge in [-0.2, -0.15) is 0 Å². The number of nitrogens with one attached hydrogen (secondary N) is 1. The fourth-order valence-corrected chi connectivity index (χ4v) is 3.24. The molecule has 0 bridgehead atoms. The lowest BCUT2D eigenvalue weighted by Gasteiger charge is -2.03. The fourth-order valence-electron chi connectivity index (χ4n) is 2.58. The van der Waals surface area contributed by atoms with Crippen molar-refractivity contribution in [2.45, 2.75) is 0 Å². The van der Waals surface area contributed by atoms with Gasteiger partial charge in [0.05, 0.1) is 16.7 Å². The highest BCUT2D eigenvalue weighted by molar-refractivity contribution is 9.10. The Morgan fingerprint density at radius 3 is 2.86 bits per heavy atom. The third-order valence-corrected chi connectivity index (χ3v) is 4.49. The molecule has 4 rings (SSSR count). The quantitative estimate of drug-likeness (QED) is 0.458. The maximum atomic E-state index is 6.02. The molecule has 0 radical (unpaired) electrons. The van der Waals surface area contributed by atoms with E-state index in [0.717, 1.165) is 42.6 Å². The zero-order chi connectivity index (χ0) is 14.4. The van der Waals surface area contributed by atoms with E-state index in [4.69, 9.17) is 16.6 Å². The SMILES string of the molecule is Clc1ccc2nc(-c3c[nH]c4c(Br)cccc34)ccc2c1. The van der Waals surface area contributed by atoms with Crippen LogP contribution in [0.1, 0.15) is 0 Å². The summed E-state index contributed by atoms with van der Waals surface area (Å²) in [6, 6.07) is 16.0. The molecule has 0 spiro atoms. The third-order valence-electron chi connectivity index (χ3n) is 3.59. The molecule has 0 atom stereocenters. The van der Waals surface area contributed by atoms with E-state index in [1.807, 2.05) is 42.6 Å². The van der Waals surface area contributed by atoms with Crippen molar-refractivity contribution in [3.63, 3.8) is 0 Å². The van der Waals surface area contributed by atoms with Crippen LogP contribution in [-0.4, -0.2) is 9.97 Å². The molecule has 0 saturated carbocycles. The van der Waals surface area contributed by atoms with Crippen molar-refractivity contribution in [2.75, 3.05) is 0 Å². The number of fused-ring (bicyclic) bond motifs is 2. The predicted octanol–water partition coefficient (Wildman–Crippen LogP) is 5.80. The Morgan fingerprint density at radius 1 is 1.05 bits per heavy atom. The van der Waals surface area contributed by atoms with Crippen LogP contribution in [0.4, 0.5) is 0 Å². The number of halogens is 2. The standard InChI is InChI=1S/C17H10BrClN2/c18-14-3-1-2-12-13(9-20-17(12)14)16-6-4-10-8-11(19)5-7-15(10)21-16/h1-9,20H. The average Bonchev–Trinajstić information content (AvgIpc) is 2.92. The van der Waals surface area contributed by atoms with E-state index in [0.29, 0.717) is 0 Å². The highest BCUT2D eigenvalue weighted by Gasteiger charge is 2.09. The number of H-pyrrole nitrogens is 1. The highest BCUT2D eigenvalue weighted by atomic mass is 79.9. The summed E-state index contributed by atoms with van der Waals surface area (Å²) < 4.78 is 1.05. The van der Waals surface area contributed by atoms with Crippen molar-refractivity contribution in [2.24, 2.45) is 0 Å². The molecule has 0 amide bonds. The topological polar surface area (TPSA) is 28.7 Å². The molecule has 21 heavy (non-hydrogen) atoms. The van der Waals surface area contributed by atoms with Crippen LogP contribution < -0.4 is 0 Å². The summed E-state index contributed by atoms with van der Waals surface area (Å²) in [7, 11) is 0. The van der Waals surface area contributed by atoms with Gasteiger partial charge in [0.1, 0.15) is 0 Å². The molecule has 1 N–H and O–H groups in total. The van der Waals surface area contributed by atoms with E-state index in [1.54, 1.807) is 0 Å². The van der Waals surface area contributed by atoms with E-state index in [2.05, 4.69) is 33.0 Å². The number of pyridine rings is 1. The van der Waals surface area contributed by atoms with Crippen molar-refractivity contribution < 1.29 is 0 Å². The monoisotopic (exact) mass is 356 g/mol. The Balaban J connectivity index is 1.96. The van der Waals surface area contributed by atoms with Crippen LogP contribution in [0.2, 0.25) is 5.02 Å². The number of hydrogen-bond acceptors (Lipinski definition) is 1. The Labute approximate surface area is 134 Å². The number of benzene rings is 2. The second-order valence-corrected chi connectivity index (χ2v) is 6.19. The Bertz CT molecular complexity index is 975. The number of aromatic nitrogens is 2. The van der Waals surface area contributed by atoms with Crippen LogP contribution in [0.5, 0.6) is 0 Å². The van der Waals surface area contributed by atoms with Gasteiger partial charge in [0.15, 0.2) is 0 Å². The number of rotatable bonds is 1. The number of aromatic amines is 1. The van der Waals surface area contributed by atoms with Crippen LogP contribution >= 0.6 is 27.5 Å². The number of nitrogens with zero attached hydrogens (tertiary/aromatic N) is 1. The van der Waals surface area contributed by atoms with Gasteiger partial charge in [0.2, 0.25) is 0 Å². The van der Waals surface area contributed by atoms with E-state index < -0.39 is 0 Å². The summed E-state index contributed by atoms with van der Waals surface area (Å²) in [6.45, 7) is 0. The predicted molar refractivity (Wildman–Crippen MR) is 91.7 cm³/mol. The fraction of sp³-hybridized carbons (Fsp3) is 0. The zero-order valence-corrected chi connectivity index (χ0v) is 13.2. The van der Waals surface area contributed by atoms with Crippen LogP contribution in [0, 0.1) is 0 Å². The average molecular weight is 358 g/mol.